The SMILES string of the molecule is CCC1N(C)CCN1c1ccc(-c2ccccc2)c(C(=O)OC(C)(C)C)c1. The van der Waals surface area contributed by atoms with Crippen LogP contribution in [0.25, 0.3) is 11.1 Å². The van der Waals surface area contributed by atoms with Crippen LogP contribution in [0.4, 0.5) is 5.69 Å². The molecular formula is C23H30N2O2. The van der Waals surface area contributed by atoms with Crippen molar-refractivity contribution in [3.8, 4) is 11.1 Å². The highest BCUT2D eigenvalue weighted by Gasteiger charge is 2.29. The van der Waals surface area contributed by atoms with Gasteiger partial charge in [0.15, 0.2) is 0 Å². The summed E-state index contributed by atoms with van der Waals surface area (Å²) in [6.45, 7) is 9.90. The molecule has 0 spiro atoms. The highest BCUT2D eigenvalue weighted by molar-refractivity contribution is 5.98. The van der Waals surface area contributed by atoms with Crippen molar-refractivity contribution in [3.63, 3.8) is 0 Å². The van der Waals surface area contributed by atoms with Crippen LogP contribution in [-0.4, -0.2) is 42.8 Å². The predicted molar refractivity (Wildman–Crippen MR) is 111 cm³/mol. The van der Waals surface area contributed by atoms with Crippen LogP contribution in [0.15, 0.2) is 48.5 Å². The summed E-state index contributed by atoms with van der Waals surface area (Å²) in [6, 6.07) is 16.2. The van der Waals surface area contributed by atoms with Crippen LogP contribution < -0.4 is 4.90 Å². The molecule has 0 bridgehead atoms. The molecule has 1 aliphatic heterocycles. The van der Waals surface area contributed by atoms with Crippen LogP contribution >= 0.6 is 0 Å². The monoisotopic (exact) mass is 366 g/mol. The number of carbonyl (C=O) groups is 1. The Balaban J connectivity index is 2.04. The summed E-state index contributed by atoms with van der Waals surface area (Å²) >= 11 is 0. The first-order chi connectivity index (χ1) is 12.8. The third kappa shape index (κ3) is 4.33. The van der Waals surface area contributed by atoms with E-state index in [-0.39, 0.29) is 5.97 Å². The minimum absolute atomic E-state index is 0.274. The molecule has 4 nitrogen and oxygen atoms in total. The lowest BCUT2D eigenvalue weighted by Gasteiger charge is -2.29. The maximum atomic E-state index is 13.0. The summed E-state index contributed by atoms with van der Waals surface area (Å²) in [5.74, 6) is -0.274. The second kappa shape index (κ2) is 7.73. The van der Waals surface area contributed by atoms with Crippen molar-refractivity contribution in [1.82, 2.24) is 4.90 Å². The van der Waals surface area contributed by atoms with Gasteiger partial charge in [0.25, 0.3) is 0 Å². The number of likely N-dealkylation sites (N-methyl/N-ethyl adjacent to an activating group) is 1. The molecule has 0 amide bonds. The minimum atomic E-state index is -0.527. The first-order valence-electron chi connectivity index (χ1n) is 9.70. The fourth-order valence-corrected chi connectivity index (χ4v) is 3.72. The molecule has 1 atom stereocenters. The first kappa shape index (κ1) is 19.4. The number of nitrogens with zero attached hydrogens (tertiary/aromatic N) is 2. The van der Waals surface area contributed by atoms with E-state index in [0.29, 0.717) is 11.7 Å². The highest BCUT2D eigenvalue weighted by atomic mass is 16.6. The quantitative estimate of drug-likeness (QED) is 0.728. The average Bonchev–Trinajstić information content (AvgIpc) is 3.01. The molecule has 3 rings (SSSR count). The van der Waals surface area contributed by atoms with Gasteiger partial charge in [-0.3, -0.25) is 4.90 Å². The van der Waals surface area contributed by atoms with Crippen LogP contribution in [0.2, 0.25) is 0 Å². The maximum Gasteiger partial charge on any atom is 0.339 e. The Morgan fingerprint density at radius 3 is 2.44 bits per heavy atom. The molecule has 1 heterocycles. The van der Waals surface area contributed by atoms with E-state index < -0.39 is 5.60 Å². The summed E-state index contributed by atoms with van der Waals surface area (Å²) in [5, 5.41) is 0. The second-order valence-corrected chi connectivity index (χ2v) is 8.16. The molecule has 0 aromatic heterocycles. The van der Waals surface area contributed by atoms with Gasteiger partial charge < -0.3 is 9.64 Å². The fraction of sp³-hybridized carbons (Fsp3) is 0.435. The molecule has 27 heavy (non-hydrogen) atoms. The van der Waals surface area contributed by atoms with Crippen molar-refractivity contribution < 1.29 is 9.53 Å². The number of hydrogen-bond donors (Lipinski definition) is 0. The lowest BCUT2D eigenvalue weighted by atomic mass is 9.98. The number of esters is 1. The number of hydrogen-bond acceptors (Lipinski definition) is 4. The van der Waals surface area contributed by atoms with Gasteiger partial charge in [0.05, 0.1) is 11.7 Å². The highest BCUT2D eigenvalue weighted by Crippen LogP contribution is 2.32. The minimum Gasteiger partial charge on any atom is -0.456 e. The molecule has 0 N–H and O–H groups in total. The normalized spacial score (nSPS) is 18.0. The molecule has 4 heteroatoms. The van der Waals surface area contributed by atoms with Crippen LogP contribution in [-0.2, 0) is 4.74 Å². The smallest absolute Gasteiger partial charge is 0.339 e. The van der Waals surface area contributed by atoms with Gasteiger partial charge in [0.2, 0.25) is 0 Å². The van der Waals surface area contributed by atoms with E-state index >= 15 is 0 Å². The molecule has 0 saturated carbocycles. The molecule has 1 unspecified atom stereocenters. The summed E-state index contributed by atoms with van der Waals surface area (Å²) in [6.07, 6.45) is 1.40. The molecule has 1 saturated heterocycles. The third-order valence-electron chi connectivity index (χ3n) is 4.97. The van der Waals surface area contributed by atoms with E-state index in [1.807, 2.05) is 57.2 Å². The van der Waals surface area contributed by atoms with Crippen molar-refractivity contribution in [3.05, 3.63) is 54.1 Å². The molecule has 1 aliphatic rings. The van der Waals surface area contributed by atoms with E-state index in [2.05, 4.69) is 35.9 Å². The number of ether oxygens (including phenoxy) is 1. The van der Waals surface area contributed by atoms with Gasteiger partial charge in [0.1, 0.15) is 5.60 Å². The van der Waals surface area contributed by atoms with Crippen molar-refractivity contribution in [1.29, 1.82) is 0 Å². The van der Waals surface area contributed by atoms with E-state index in [0.717, 1.165) is 36.3 Å². The van der Waals surface area contributed by atoms with Crippen LogP contribution in [0, 0.1) is 0 Å². The zero-order valence-corrected chi connectivity index (χ0v) is 17.0. The van der Waals surface area contributed by atoms with Crippen LogP contribution in [0.5, 0.6) is 0 Å². The largest absolute Gasteiger partial charge is 0.456 e. The fourth-order valence-electron chi connectivity index (χ4n) is 3.72. The lowest BCUT2D eigenvalue weighted by Crippen LogP contribution is -2.36. The van der Waals surface area contributed by atoms with Gasteiger partial charge in [-0.15, -0.1) is 0 Å². The molecule has 0 radical (unpaired) electrons. The Hall–Kier alpha value is -2.33. The number of anilines is 1. The van der Waals surface area contributed by atoms with Crippen LogP contribution in [0.1, 0.15) is 44.5 Å². The molecule has 2 aromatic carbocycles. The maximum absolute atomic E-state index is 13.0. The Kier molecular flexibility index (Phi) is 5.56. The van der Waals surface area contributed by atoms with Crippen LogP contribution in [0.3, 0.4) is 0 Å². The molecular weight excluding hydrogens is 336 g/mol. The molecule has 0 aliphatic carbocycles. The third-order valence-corrected chi connectivity index (χ3v) is 4.97. The van der Waals surface area contributed by atoms with Gasteiger partial charge in [-0.25, -0.2) is 4.79 Å². The van der Waals surface area contributed by atoms with Gasteiger partial charge in [-0.05, 0) is 57.5 Å². The van der Waals surface area contributed by atoms with E-state index in [4.69, 9.17) is 4.74 Å². The zero-order chi connectivity index (χ0) is 19.6. The Bertz CT molecular complexity index is 796. The van der Waals surface area contributed by atoms with Gasteiger partial charge in [-0.2, -0.15) is 0 Å². The first-order valence-corrected chi connectivity index (χ1v) is 9.70. The lowest BCUT2D eigenvalue weighted by molar-refractivity contribution is 0.00705. The zero-order valence-electron chi connectivity index (χ0n) is 17.0. The van der Waals surface area contributed by atoms with Crippen molar-refractivity contribution in [2.24, 2.45) is 0 Å². The van der Waals surface area contributed by atoms with Gasteiger partial charge in [-0.1, -0.05) is 43.3 Å². The topological polar surface area (TPSA) is 32.8 Å². The van der Waals surface area contributed by atoms with Crippen molar-refractivity contribution in [2.75, 3.05) is 25.0 Å². The number of benzene rings is 2. The number of carbonyl (C=O) groups excluding carboxylic acids is 1. The summed E-state index contributed by atoms with van der Waals surface area (Å²) < 4.78 is 5.71. The Labute approximate surface area is 162 Å². The Morgan fingerprint density at radius 2 is 1.81 bits per heavy atom. The van der Waals surface area contributed by atoms with Crippen molar-refractivity contribution >= 4 is 11.7 Å². The summed E-state index contributed by atoms with van der Waals surface area (Å²) in [4.78, 5) is 17.7. The molecule has 2 aromatic rings. The van der Waals surface area contributed by atoms with E-state index in [1.165, 1.54) is 0 Å². The second-order valence-electron chi connectivity index (χ2n) is 8.16. The summed E-state index contributed by atoms with van der Waals surface area (Å²) in [7, 11) is 2.15. The standard InChI is InChI=1S/C23H30N2O2/c1-6-21-24(5)14-15-25(21)18-12-13-19(17-10-8-7-9-11-17)20(16-18)22(26)27-23(2,3)4/h7-13,16,21H,6,14-15H2,1-5H3. The van der Waals surface area contributed by atoms with Gasteiger partial charge >= 0.3 is 5.97 Å². The molecule has 1 fully saturated rings. The van der Waals surface area contributed by atoms with Crippen molar-refractivity contribution in [2.45, 2.75) is 45.9 Å². The molecule has 144 valence electrons. The Morgan fingerprint density at radius 1 is 1.11 bits per heavy atom. The average molecular weight is 367 g/mol. The number of rotatable bonds is 4. The van der Waals surface area contributed by atoms with E-state index in [1.54, 1.807) is 0 Å². The van der Waals surface area contributed by atoms with Gasteiger partial charge in [0, 0.05) is 18.8 Å². The summed E-state index contributed by atoms with van der Waals surface area (Å²) in [5.41, 5.74) is 3.11. The van der Waals surface area contributed by atoms with E-state index in [9.17, 15) is 4.79 Å². The predicted octanol–water partition coefficient (Wildman–Crippen LogP) is 4.80.